The first-order valence-electron chi connectivity index (χ1n) is 11.7. The molecule has 0 saturated heterocycles. The highest BCUT2D eigenvalue weighted by atomic mass is 35.5. The molecule has 4 rings (SSSR count). The van der Waals surface area contributed by atoms with Gasteiger partial charge in [-0.25, -0.2) is 4.68 Å². The van der Waals surface area contributed by atoms with Gasteiger partial charge in [0.2, 0.25) is 0 Å². The summed E-state index contributed by atoms with van der Waals surface area (Å²) in [6, 6.07) is 30.9. The number of rotatable bonds is 10. The van der Waals surface area contributed by atoms with Gasteiger partial charge in [-0.05, 0) is 34.7 Å². The fraction of sp³-hybridized carbons (Fsp3) is 0.250. The lowest BCUT2D eigenvalue weighted by atomic mass is 9.77. The van der Waals surface area contributed by atoms with Crippen LogP contribution in [0.5, 0.6) is 0 Å². The van der Waals surface area contributed by atoms with E-state index in [0.717, 1.165) is 41.6 Å². The molecule has 1 aromatic heterocycles. The van der Waals surface area contributed by atoms with Crippen molar-refractivity contribution < 1.29 is 4.79 Å². The van der Waals surface area contributed by atoms with Crippen LogP contribution < -0.4 is 0 Å². The van der Waals surface area contributed by atoms with Gasteiger partial charge in [0.25, 0.3) is 0 Å². The number of unbranched alkanes of at least 4 members (excludes halogenated alkanes) is 2. The van der Waals surface area contributed by atoms with Crippen molar-refractivity contribution in [1.29, 1.82) is 0 Å². The van der Waals surface area contributed by atoms with Gasteiger partial charge in [-0.15, -0.1) is 5.10 Å². The first kappa shape index (κ1) is 23.7. The lowest BCUT2D eigenvalue weighted by Crippen LogP contribution is -2.41. The third kappa shape index (κ3) is 4.75. The molecule has 0 atom stereocenters. The Morgan fingerprint density at radius 2 is 1.35 bits per heavy atom. The normalized spacial score (nSPS) is 11.4. The third-order valence-corrected chi connectivity index (χ3v) is 6.38. The van der Waals surface area contributed by atoms with Gasteiger partial charge >= 0.3 is 5.37 Å². The van der Waals surface area contributed by atoms with E-state index in [1.165, 1.54) is 0 Å². The number of nitrogens with zero attached hydrogens (tertiary/aromatic N) is 4. The van der Waals surface area contributed by atoms with Crippen LogP contribution in [0.2, 0.25) is 0 Å². The Hall–Kier alpha value is -3.44. The maximum atomic E-state index is 12.3. The van der Waals surface area contributed by atoms with Gasteiger partial charge in [-0.2, -0.15) is 0 Å². The molecule has 0 aliphatic rings. The molecule has 0 radical (unpaired) electrons. The number of hydrogen-bond donors (Lipinski definition) is 0. The van der Waals surface area contributed by atoms with Crippen LogP contribution in [0, 0.1) is 0 Å². The van der Waals surface area contributed by atoms with Gasteiger partial charge in [0, 0.05) is 6.54 Å². The fourth-order valence-corrected chi connectivity index (χ4v) is 4.67. The summed E-state index contributed by atoms with van der Waals surface area (Å²) in [5.74, 6) is 0. The standard InChI is InChI=1S/C28H29ClN4O/c1-2-3-13-20-32(27(29)34)22-26-21-30-31-33(26)28(23-14-7-4-8-15-23,24-16-9-5-10-17-24)25-18-11-6-12-19-25/h4-12,14-19,21H,2-3,13,20,22H2,1H3. The Balaban J connectivity index is 1.92. The molecular formula is C28H29ClN4O. The average molecular weight is 473 g/mol. The molecule has 4 aromatic rings. The van der Waals surface area contributed by atoms with Crippen LogP contribution in [-0.2, 0) is 12.1 Å². The Kier molecular flexibility index (Phi) is 7.76. The van der Waals surface area contributed by atoms with Crippen LogP contribution in [0.4, 0.5) is 4.79 Å². The van der Waals surface area contributed by atoms with Crippen LogP contribution in [0.1, 0.15) is 48.6 Å². The summed E-state index contributed by atoms with van der Waals surface area (Å²) in [6.45, 7) is 3.06. The lowest BCUT2D eigenvalue weighted by molar-refractivity contribution is 0.215. The van der Waals surface area contributed by atoms with Gasteiger partial charge in [0.05, 0.1) is 18.4 Å². The highest BCUT2D eigenvalue weighted by Gasteiger charge is 2.41. The molecule has 0 aliphatic carbocycles. The van der Waals surface area contributed by atoms with Crippen LogP contribution >= 0.6 is 11.6 Å². The number of carbonyl (C=O) groups excluding carboxylic acids is 1. The molecule has 0 unspecified atom stereocenters. The molecule has 0 bridgehead atoms. The molecule has 6 heteroatoms. The molecule has 0 spiro atoms. The topological polar surface area (TPSA) is 51.0 Å². The Morgan fingerprint density at radius 3 is 1.79 bits per heavy atom. The highest BCUT2D eigenvalue weighted by Crippen LogP contribution is 2.41. The van der Waals surface area contributed by atoms with E-state index in [1.54, 1.807) is 11.1 Å². The minimum absolute atomic E-state index is 0.327. The van der Waals surface area contributed by atoms with Crippen molar-refractivity contribution in [2.45, 2.75) is 38.3 Å². The molecule has 34 heavy (non-hydrogen) atoms. The van der Waals surface area contributed by atoms with E-state index < -0.39 is 10.9 Å². The van der Waals surface area contributed by atoms with E-state index in [-0.39, 0.29) is 0 Å². The van der Waals surface area contributed by atoms with Gasteiger partial charge in [0.15, 0.2) is 0 Å². The van der Waals surface area contributed by atoms with Crippen molar-refractivity contribution in [3.8, 4) is 0 Å². The molecular weight excluding hydrogens is 444 g/mol. The lowest BCUT2D eigenvalue weighted by Gasteiger charge is -2.37. The summed E-state index contributed by atoms with van der Waals surface area (Å²) in [7, 11) is 0. The van der Waals surface area contributed by atoms with E-state index in [0.29, 0.717) is 13.1 Å². The molecule has 0 N–H and O–H groups in total. The fourth-order valence-electron chi connectivity index (χ4n) is 4.53. The summed E-state index contributed by atoms with van der Waals surface area (Å²) >= 11 is 5.99. The second-order valence-electron chi connectivity index (χ2n) is 8.33. The predicted octanol–water partition coefficient (Wildman–Crippen LogP) is 6.47. The zero-order valence-corrected chi connectivity index (χ0v) is 20.1. The molecule has 0 aliphatic heterocycles. The largest absolute Gasteiger partial charge is 0.323 e. The molecule has 1 heterocycles. The van der Waals surface area contributed by atoms with Gasteiger partial charge in [-0.3, -0.25) is 4.79 Å². The minimum atomic E-state index is -0.778. The summed E-state index contributed by atoms with van der Waals surface area (Å²) in [5, 5.41) is 8.45. The predicted molar refractivity (Wildman–Crippen MR) is 136 cm³/mol. The van der Waals surface area contributed by atoms with Crippen LogP contribution in [0.15, 0.2) is 97.2 Å². The minimum Gasteiger partial charge on any atom is -0.323 e. The first-order valence-corrected chi connectivity index (χ1v) is 12.1. The number of aromatic nitrogens is 3. The SMILES string of the molecule is CCCCCN(Cc1cnnn1C(c1ccccc1)(c1ccccc1)c1ccccc1)C(=O)Cl. The van der Waals surface area contributed by atoms with Crippen molar-refractivity contribution in [3.63, 3.8) is 0 Å². The molecule has 0 fully saturated rings. The summed E-state index contributed by atoms with van der Waals surface area (Å²) in [4.78, 5) is 13.9. The number of benzene rings is 3. The van der Waals surface area contributed by atoms with Crippen molar-refractivity contribution >= 4 is 17.0 Å². The maximum Gasteiger partial charge on any atom is 0.316 e. The van der Waals surface area contributed by atoms with Crippen molar-refractivity contribution in [2.24, 2.45) is 0 Å². The number of halogens is 1. The number of hydrogen-bond acceptors (Lipinski definition) is 3. The molecule has 1 amide bonds. The van der Waals surface area contributed by atoms with Crippen molar-refractivity contribution in [1.82, 2.24) is 19.9 Å². The van der Waals surface area contributed by atoms with E-state index in [4.69, 9.17) is 11.6 Å². The van der Waals surface area contributed by atoms with Crippen LogP contribution in [0.3, 0.4) is 0 Å². The molecule has 0 saturated carbocycles. The Bertz CT molecular complexity index is 1080. The summed E-state index contributed by atoms with van der Waals surface area (Å²) in [5.41, 5.74) is 3.18. The van der Waals surface area contributed by atoms with Crippen LogP contribution in [0.25, 0.3) is 0 Å². The molecule has 5 nitrogen and oxygen atoms in total. The maximum absolute atomic E-state index is 12.3. The second-order valence-corrected chi connectivity index (χ2v) is 8.65. The summed E-state index contributed by atoms with van der Waals surface area (Å²) < 4.78 is 1.94. The van der Waals surface area contributed by atoms with Crippen molar-refractivity contribution in [3.05, 3.63) is 120 Å². The average Bonchev–Trinajstić information content (AvgIpc) is 3.34. The number of carbonyl (C=O) groups is 1. The van der Waals surface area contributed by atoms with E-state index in [2.05, 4.69) is 53.6 Å². The summed E-state index contributed by atoms with van der Waals surface area (Å²) in [6.07, 6.45) is 4.75. The van der Waals surface area contributed by atoms with E-state index >= 15 is 0 Å². The van der Waals surface area contributed by atoms with Crippen molar-refractivity contribution in [2.75, 3.05) is 6.54 Å². The zero-order valence-electron chi connectivity index (χ0n) is 19.3. The second kappa shape index (κ2) is 11.1. The first-order chi connectivity index (χ1) is 16.7. The highest BCUT2D eigenvalue weighted by molar-refractivity contribution is 6.62. The Morgan fingerprint density at radius 1 is 0.853 bits per heavy atom. The van der Waals surface area contributed by atoms with Gasteiger partial charge in [0.1, 0.15) is 5.54 Å². The smallest absolute Gasteiger partial charge is 0.316 e. The molecule has 174 valence electrons. The zero-order chi connectivity index (χ0) is 23.8. The van der Waals surface area contributed by atoms with Crippen LogP contribution in [-0.4, -0.2) is 31.8 Å². The van der Waals surface area contributed by atoms with E-state index in [9.17, 15) is 4.79 Å². The monoisotopic (exact) mass is 472 g/mol. The Labute approximate surface area is 206 Å². The number of amides is 1. The quantitative estimate of drug-likeness (QED) is 0.115. The van der Waals surface area contributed by atoms with E-state index in [1.807, 2.05) is 59.3 Å². The third-order valence-electron chi connectivity index (χ3n) is 6.15. The van der Waals surface area contributed by atoms with Gasteiger partial charge in [-0.1, -0.05) is 116 Å². The van der Waals surface area contributed by atoms with Gasteiger partial charge < -0.3 is 4.90 Å². The molecule has 3 aromatic carbocycles.